The summed E-state index contributed by atoms with van der Waals surface area (Å²) in [6.45, 7) is 6.46. The Balaban J connectivity index is 2.00. The molecule has 2 rings (SSSR count). The van der Waals surface area contributed by atoms with E-state index < -0.39 is 0 Å². The minimum atomic E-state index is -0.183. The predicted octanol–water partition coefficient (Wildman–Crippen LogP) is 2.22. The number of ether oxygens (including phenoxy) is 1. The number of nitrogens with one attached hydrogen (secondary N) is 2. The van der Waals surface area contributed by atoms with Crippen molar-refractivity contribution in [3.8, 4) is 5.75 Å². The van der Waals surface area contributed by atoms with Gasteiger partial charge in [0, 0.05) is 24.4 Å². The molecular weight excluding hydrogens is 282 g/mol. The molecule has 6 nitrogen and oxygen atoms in total. The first kappa shape index (κ1) is 15.9. The zero-order chi connectivity index (χ0) is 16.1. The maximum Gasteiger partial charge on any atom is 0.325 e. The van der Waals surface area contributed by atoms with Gasteiger partial charge in [-0.15, -0.1) is 0 Å². The Morgan fingerprint density at radius 3 is 2.68 bits per heavy atom. The summed E-state index contributed by atoms with van der Waals surface area (Å²) in [4.78, 5) is 26.5. The molecule has 1 amide bonds. The predicted molar refractivity (Wildman–Crippen MR) is 85.4 cm³/mol. The topological polar surface area (TPSA) is 76.1 Å². The number of nitrogens with zero attached hydrogens (tertiary/aromatic N) is 1. The van der Waals surface area contributed by atoms with Crippen LogP contribution in [-0.4, -0.2) is 22.1 Å². The maximum atomic E-state index is 12.1. The van der Waals surface area contributed by atoms with Crippen molar-refractivity contribution in [1.29, 1.82) is 0 Å². The number of rotatable bonds is 6. The van der Waals surface area contributed by atoms with E-state index in [0.29, 0.717) is 24.6 Å². The fraction of sp³-hybridized carbons (Fsp3) is 0.375. The number of aromatic amines is 1. The van der Waals surface area contributed by atoms with Crippen molar-refractivity contribution in [3.05, 3.63) is 46.1 Å². The average molecular weight is 303 g/mol. The van der Waals surface area contributed by atoms with Crippen molar-refractivity contribution >= 4 is 11.6 Å². The number of para-hydroxylation sites is 2. The van der Waals surface area contributed by atoms with Gasteiger partial charge in [0.1, 0.15) is 5.75 Å². The number of aromatic nitrogens is 2. The highest BCUT2D eigenvalue weighted by molar-refractivity contribution is 5.92. The molecule has 22 heavy (non-hydrogen) atoms. The molecule has 0 unspecified atom stereocenters. The van der Waals surface area contributed by atoms with E-state index in [9.17, 15) is 9.59 Å². The number of amides is 1. The fourth-order valence-corrected chi connectivity index (χ4v) is 2.22. The summed E-state index contributed by atoms with van der Waals surface area (Å²) in [7, 11) is 0. The second-order valence-corrected chi connectivity index (χ2v) is 5.02. The molecule has 0 saturated carbocycles. The number of aryl methyl sites for hydroxylation is 1. The highest BCUT2D eigenvalue weighted by atomic mass is 16.5. The first-order valence-electron chi connectivity index (χ1n) is 7.30. The van der Waals surface area contributed by atoms with Crippen molar-refractivity contribution in [2.75, 3.05) is 11.9 Å². The Bertz CT molecular complexity index is 716. The van der Waals surface area contributed by atoms with Gasteiger partial charge in [-0.25, -0.2) is 4.79 Å². The summed E-state index contributed by atoms with van der Waals surface area (Å²) in [6.07, 6.45) is 0.221. The lowest BCUT2D eigenvalue weighted by atomic mass is 10.2. The highest BCUT2D eigenvalue weighted by Crippen LogP contribution is 2.23. The van der Waals surface area contributed by atoms with Crippen LogP contribution in [-0.2, 0) is 11.3 Å². The standard InChI is InChI=1S/C16H21N3O3/c1-4-22-14-8-6-5-7-13(14)18-15(20)9-10-19-12(3)11(2)17-16(19)21/h5-8H,4,9-10H2,1-3H3,(H,17,21)(H,18,20). The van der Waals surface area contributed by atoms with E-state index in [2.05, 4.69) is 10.3 Å². The van der Waals surface area contributed by atoms with E-state index in [1.165, 1.54) is 0 Å². The second kappa shape index (κ2) is 6.98. The van der Waals surface area contributed by atoms with Crippen LogP contribution in [0.4, 0.5) is 5.69 Å². The van der Waals surface area contributed by atoms with Gasteiger partial charge in [-0.05, 0) is 32.9 Å². The van der Waals surface area contributed by atoms with Crippen LogP contribution in [0.1, 0.15) is 24.7 Å². The third-order valence-electron chi connectivity index (χ3n) is 3.51. The fourth-order valence-electron chi connectivity index (χ4n) is 2.22. The average Bonchev–Trinajstić information content (AvgIpc) is 2.72. The minimum Gasteiger partial charge on any atom is -0.492 e. The van der Waals surface area contributed by atoms with Gasteiger partial charge in [0.15, 0.2) is 0 Å². The maximum absolute atomic E-state index is 12.1. The van der Waals surface area contributed by atoms with Crippen LogP contribution in [0.5, 0.6) is 5.75 Å². The van der Waals surface area contributed by atoms with E-state index in [0.717, 1.165) is 11.4 Å². The van der Waals surface area contributed by atoms with Crippen LogP contribution in [0.3, 0.4) is 0 Å². The third kappa shape index (κ3) is 3.58. The number of carbonyl (C=O) groups excluding carboxylic acids is 1. The molecule has 2 N–H and O–H groups in total. The number of H-pyrrole nitrogens is 1. The summed E-state index contributed by atoms with van der Waals surface area (Å²) in [6, 6.07) is 7.29. The van der Waals surface area contributed by atoms with E-state index in [4.69, 9.17) is 4.74 Å². The first-order chi connectivity index (χ1) is 10.5. The summed E-state index contributed by atoms with van der Waals surface area (Å²) >= 11 is 0. The summed E-state index contributed by atoms with van der Waals surface area (Å²) in [5.74, 6) is 0.487. The third-order valence-corrected chi connectivity index (χ3v) is 3.51. The normalized spacial score (nSPS) is 10.5. The molecule has 6 heteroatoms. The second-order valence-electron chi connectivity index (χ2n) is 5.02. The SMILES string of the molecule is CCOc1ccccc1NC(=O)CCn1c(C)c(C)[nH]c1=O. The Morgan fingerprint density at radius 2 is 2.05 bits per heavy atom. The van der Waals surface area contributed by atoms with Gasteiger partial charge >= 0.3 is 5.69 Å². The van der Waals surface area contributed by atoms with Gasteiger partial charge in [0.05, 0.1) is 12.3 Å². The van der Waals surface area contributed by atoms with Crippen LogP contribution in [0.25, 0.3) is 0 Å². The zero-order valence-corrected chi connectivity index (χ0v) is 13.1. The molecule has 1 heterocycles. The molecule has 0 saturated heterocycles. The summed E-state index contributed by atoms with van der Waals surface area (Å²) < 4.78 is 7.04. The van der Waals surface area contributed by atoms with E-state index in [1.807, 2.05) is 39.0 Å². The molecule has 0 aliphatic heterocycles. The van der Waals surface area contributed by atoms with E-state index in [-0.39, 0.29) is 18.0 Å². The van der Waals surface area contributed by atoms with Crippen molar-refractivity contribution in [1.82, 2.24) is 9.55 Å². The molecule has 0 aliphatic carbocycles. The molecular formula is C16H21N3O3. The molecule has 0 fully saturated rings. The van der Waals surface area contributed by atoms with Crippen molar-refractivity contribution in [3.63, 3.8) is 0 Å². The van der Waals surface area contributed by atoms with Gasteiger partial charge in [0.2, 0.25) is 5.91 Å². The lowest BCUT2D eigenvalue weighted by Gasteiger charge is -2.11. The van der Waals surface area contributed by atoms with Gasteiger partial charge in [-0.2, -0.15) is 0 Å². The quantitative estimate of drug-likeness (QED) is 0.859. The van der Waals surface area contributed by atoms with Crippen LogP contribution >= 0.6 is 0 Å². The monoisotopic (exact) mass is 303 g/mol. The molecule has 2 aromatic rings. The molecule has 1 aromatic heterocycles. The Morgan fingerprint density at radius 1 is 1.32 bits per heavy atom. The van der Waals surface area contributed by atoms with Crippen molar-refractivity contribution < 1.29 is 9.53 Å². The van der Waals surface area contributed by atoms with Gasteiger partial charge in [-0.1, -0.05) is 12.1 Å². The molecule has 0 radical (unpaired) electrons. The Kier molecular flexibility index (Phi) is 5.04. The largest absolute Gasteiger partial charge is 0.492 e. The lowest BCUT2D eigenvalue weighted by Crippen LogP contribution is -2.22. The van der Waals surface area contributed by atoms with Crippen molar-refractivity contribution in [2.24, 2.45) is 0 Å². The van der Waals surface area contributed by atoms with Crippen LogP contribution < -0.4 is 15.7 Å². The number of hydrogen-bond donors (Lipinski definition) is 2. The van der Waals surface area contributed by atoms with Gasteiger partial charge in [0.25, 0.3) is 0 Å². The Labute approximate surface area is 129 Å². The smallest absolute Gasteiger partial charge is 0.325 e. The molecule has 1 aromatic carbocycles. The Hall–Kier alpha value is -2.50. The van der Waals surface area contributed by atoms with Crippen LogP contribution in [0.2, 0.25) is 0 Å². The summed E-state index contributed by atoms with van der Waals surface area (Å²) in [5.41, 5.74) is 2.14. The number of benzene rings is 1. The first-order valence-corrected chi connectivity index (χ1v) is 7.30. The number of imidazole rings is 1. The van der Waals surface area contributed by atoms with Crippen molar-refractivity contribution in [2.45, 2.75) is 33.7 Å². The van der Waals surface area contributed by atoms with E-state index >= 15 is 0 Å². The minimum absolute atomic E-state index is 0.155. The van der Waals surface area contributed by atoms with Crippen LogP contribution in [0, 0.1) is 13.8 Å². The van der Waals surface area contributed by atoms with Gasteiger partial charge in [-0.3, -0.25) is 9.36 Å². The van der Waals surface area contributed by atoms with Crippen LogP contribution in [0.15, 0.2) is 29.1 Å². The molecule has 0 spiro atoms. The zero-order valence-electron chi connectivity index (χ0n) is 13.1. The molecule has 0 aliphatic rings. The van der Waals surface area contributed by atoms with E-state index in [1.54, 1.807) is 10.6 Å². The molecule has 118 valence electrons. The molecule has 0 bridgehead atoms. The molecule has 0 atom stereocenters. The number of carbonyl (C=O) groups is 1. The highest BCUT2D eigenvalue weighted by Gasteiger charge is 2.10. The number of anilines is 1. The number of hydrogen-bond acceptors (Lipinski definition) is 3. The summed E-state index contributed by atoms with van der Waals surface area (Å²) in [5, 5.41) is 2.82. The van der Waals surface area contributed by atoms with Gasteiger partial charge < -0.3 is 15.0 Å². The lowest BCUT2D eigenvalue weighted by molar-refractivity contribution is -0.116.